The average molecular weight is 468 g/mol. The van der Waals surface area contributed by atoms with Crippen LogP contribution in [0.25, 0.3) is 0 Å². The number of amides is 2. The second kappa shape index (κ2) is 12.0. The number of hydrogen-bond acceptors (Lipinski definition) is 5. The lowest BCUT2D eigenvalue weighted by atomic mass is 10.0. The third-order valence-electron chi connectivity index (χ3n) is 6.38. The van der Waals surface area contributed by atoms with Gasteiger partial charge in [0, 0.05) is 44.5 Å². The number of nitrogens with zero attached hydrogens (tertiary/aromatic N) is 2. The van der Waals surface area contributed by atoms with E-state index in [2.05, 4.69) is 31.0 Å². The van der Waals surface area contributed by atoms with Crippen LogP contribution >= 0.6 is 0 Å². The fraction of sp³-hybridized carbons (Fsp3) is 0.481. The van der Waals surface area contributed by atoms with Crippen LogP contribution in [0, 0.1) is 5.92 Å². The smallest absolute Gasteiger partial charge is 0.257 e. The monoisotopic (exact) mass is 467 g/mol. The molecular weight excluding hydrogens is 430 g/mol. The molecule has 0 aromatic heterocycles. The summed E-state index contributed by atoms with van der Waals surface area (Å²) < 4.78 is 12.0. The van der Waals surface area contributed by atoms with Gasteiger partial charge in [0.25, 0.3) is 11.8 Å². The van der Waals surface area contributed by atoms with Crippen LogP contribution in [-0.2, 0) is 4.74 Å². The molecule has 3 atom stereocenters. The van der Waals surface area contributed by atoms with E-state index in [9.17, 15) is 9.59 Å². The molecular formula is C27H37N3O4. The molecule has 7 heteroatoms. The van der Waals surface area contributed by atoms with Crippen molar-refractivity contribution in [2.75, 3.05) is 45.7 Å². The highest BCUT2D eigenvalue weighted by molar-refractivity contribution is 6.05. The number of anilines is 1. The van der Waals surface area contributed by atoms with Crippen LogP contribution < -0.4 is 10.1 Å². The molecule has 0 radical (unpaired) electrons. The summed E-state index contributed by atoms with van der Waals surface area (Å²) in [4.78, 5) is 30.2. The maximum absolute atomic E-state index is 13.4. The number of nitrogens with one attached hydrogen (secondary N) is 1. The molecule has 0 aliphatic carbocycles. The van der Waals surface area contributed by atoms with Crippen molar-refractivity contribution in [3.63, 3.8) is 0 Å². The molecule has 184 valence electrons. The molecule has 0 bridgehead atoms. The fourth-order valence-corrected chi connectivity index (χ4v) is 4.32. The second-order valence-electron chi connectivity index (χ2n) is 9.12. The Morgan fingerprint density at radius 1 is 1.15 bits per heavy atom. The fourth-order valence-electron chi connectivity index (χ4n) is 4.32. The minimum absolute atomic E-state index is 0.0923. The molecule has 0 spiro atoms. The standard InChI is InChI=1S/C27H37N3O4/c1-6-14-30-16-19(2)25(33-5)17-29(4)27(32)23-15-22(12-13-24(23)34-18-20(30)3)28-26(31)21-10-8-7-9-11-21/h7-13,15,19-20,25H,6,14,16-18H2,1-5H3,(H,28,31)/t19-,20-,25-/m0/s1. The Kier molecular flexibility index (Phi) is 9.07. The molecule has 2 amide bonds. The van der Waals surface area contributed by atoms with Gasteiger partial charge in [-0.05, 0) is 56.1 Å². The Morgan fingerprint density at radius 2 is 1.88 bits per heavy atom. The highest BCUT2D eigenvalue weighted by atomic mass is 16.5. The molecule has 0 saturated heterocycles. The van der Waals surface area contributed by atoms with Crippen molar-refractivity contribution in [1.29, 1.82) is 0 Å². The topological polar surface area (TPSA) is 71.1 Å². The Labute approximate surface area is 203 Å². The first-order valence-corrected chi connectivity index (χ1v) is 12.0. The van der Waals surface area contributed by atoms with E-state index in [0.29, 0.717) is 35.7 Å². The van der Waals surface area contributed by atoms with Crippen molar-refractivity contribution < 1.29 is 19.1 Å². The number of rotatable bonds is 5. The van der Waals surface area contributed by atoms with E-state index in [4.69, 9.17) is 9.47 Å². The van der Waals surface area contributed by atoms with Crippen molar-refractivity contribution in [2.24, 2.45) is 5.92 Å². The molecule has 1 aliphatic heterocycles. The van der Waals surface area contributed by atoms with Crippen LogP contribution in [0.15, 0.2) is 48.5 Å². The molecule has 1 N–H and O–H groups in total. The molecule has 7 nitrogen and oxygen atoms in total. The molecule has 1 heterocycles. The van der Waals surface area contributed by atoms with Crippen LogP contribution in [-0.4, -0.2) is 74.2 Å². The molecule has 0 unspecified atom stereocenters. The van der Waals surface area contributed by atoms with Crippen LogP contribution in [0.3, 0.4) is 0 Å². The van der Waals surface area contributed by atoms with Gasteiger partial charge in [-0.15, -0.1) is 0 Å². The summed E-state index contributed by atoms with van der Waals surface area (Å²) in [6.45, 7) is 9.26. The van der Waals surface area contributed by atoms with Crippen LogP contribution in [0.2, 0.25) is 0 Å². The number of carbonyl (C=O) groups excluding carboxylic acids is 2. The maximum atomic E-state index is 13.4. The third-order valence-corrected chi connectivity index (χ3v) is 6.38. The average Bonchev–Trinajstić information content (AvgIpc) is 2.85. The van der Waals surface area contributed by atoms with E-state index in [1.165, 1.54) is 0 Å². The van der Waals surface area contributed by atoms with Gasteiger partial charge in [-0.1, -0.05) is 32.0 Å². The molecule has 2 aromatic carbocycles. The van der Waals surface area contributed by atoms with Crippen LogP contribution in [0.1, 0.15) is 47.9 Å². The Hall–Kier alpha value is -2.90. The summed E-state index contributed by atoms with van der Waals surface area (Å²) in [5.74, 6) is 0.358. The lowest BCUT2D eigenvalue weighted by Gasteiger charge is -2.35. The van der Waals surface area contributed by atoms with E-state index in [1.54, 1.807) is 49.4 Å². The Bertz CT molecular complexity index is 966. The summed E-state index contributed by atoms with van der Waals surface area (Å²) in [7, 11) is 3.48. The highest BCUT2D eigenvalue weighted by Gasteiger charge is 2.28. The quantitative estimate of drug-likeness (QED) is 0.715. The SMILES string of the molecule is CCCN1C[C@H](C)[C@@H](OC)CN(C)C(=O)c2cc(NC(=O)c3ccccc3)ccc2OC[C@@H]1C. The number of fused-ring (bicyclic) bond motifs is 1. The zero-order chi connectivity index (χ0) is 24.7. The van der Waals surface area contributed by atoms with Gasteiger partial charge in [0.1, 0.15) is 12.4 Å². The summed E-state index contributed by atoms with van der Waals surface area (Å²) in [5.41, 5.74) is 1.52. The van der Waals surface area contributed by atoms with Crippen LogP contribution in [0.5, 0.6) is 5.75 Å². The van der Waals surface area contributed by atoms with E-state index in [-0.39, 0.29) is 29.9 Å². The lowest BCUT2D eigenvalue weighted by Crippen LogP contribution is -2.46. The van der Waals surface area contributed by atoms with Crippen LogP contribution in [0.4, 0.5) is 5.69 Å². The molecule has 0 saturated carbocycles. The second-order valence-corrected chi connectivity index (χ2v) is 9.12. The van der Waals surface area contributed by atoms with Gasteiger partial charge in [-0.25, -0.2) is 0 Å². The van der Waals surface area contributed by atoms with Crippen molar-refractivity contribution in [1.82, 2.24) is 9.80 Å². The first-order valence-electron chi connectivity index (χ1n) is 12.0. The Balaban J connectivity index is 1.91. The number of carbonyl (C=O) groups is 2. The zero-order valence-electron chi connectivity index (χ0n) is 20.9. The van der Waals surface area contributed by atoms with Gasteiger partial charge < -0.3 is 19.7 Å². The third kappa shape index (κ3) is 6.36. The summed E-state index contributed by atoms with van der Waals surface area (Å²) >= 11 is 0. The highest BCUT2D eigenvalue weighted by Crippen LogP contribution is 2.27. The maximum Gasteiger partial charge on any atom is 0.257 e. The van der Waals surface area contributed by atoms with Gasteiger partial charge in [0.2, 0.25) is 0 Å². The minimum Gasteiger partial charge on any atom is -0.491 e. The molecule has 1 aliphatic rings. The van der Waals surface area contributed by atoms with Gasteiger partial charge >= 0.3 is 0 Å². The zero-order valence-corrected chi connectivity index (χ0v) is 20.9. The number of hydrogen-bond donors (Lipinski definition) is 1. The minimum atomic E-state index is -0.229. The summed E-state index contributed by atoms with van der Waals surface area (Å²) in [5, 5.41) is 2.89. The number of methoxy groups -OCH3 is 1. The summed E-state index contributed by atoms with van der Waals surface area (Å²) in [6, 6.07) is 14.4. The van der Waals surface area contributed by atoms with E-state index in [0.717, 1.165) is 19.5 Å². The molecule has 2 aromatic rings. The number of likely N-dealkylation sites (N-methyl/N-ethyl adjacent to an activating group) is 1. The summed E-state index contributed by atoms with van der Waals surface area (Å²) in [6.07, 6.45) is 0.957. The molecule has 3 rings (SSSR count). The van der Waals surface area contributed by atoms with Gasteiger partial charge in [-0.3, -0.25) is 14.5 Å². The number of benzene rings is 2. The van der Waals surface area contributed by atoms with E-state index in [1.807, 2.05) is 18.2 Å². The van der Waals surface area contributed by atoms with Crippen molar-refractivity contribution in [3.05, 3.63) is 59.7 Å². The van der Waals surface area contributed by atoms with E-state index < -0.39 is 0 Å². The van der Waals surface area contributed by atoms with Gasteiger partial charge in [0.05, 0.1) is 11.7 Å². The molecule has 0 fully saturated rings. The lowest BCUT2D eigenvalue weighted by molar-refractivity contribution is 0.0108. The number of ether oxygens (including phenoxy) is 2. The van der Waals surface area contributed by atoms with Crippen molar-refractivity contribution in [2.45, 2.75) is 39.3 Å². The molecule has 34 heavy (non-hydrogen) atoms. The van der Waals surface area contributed by atoms with Gasteiger partial charge in [-0.2, -0.15) is 0 Å². The normalized spacial score (nSPS) is 22.2. The first kappa shape index (κ1) is 25.7. The first-order chi connectivity index (χ1) is 16.3. The van der Waals surface area contributed by atoms with Crippen molar-refractivity contribution >= 4 is 17.5 Å². The largest absolute Gasteiger partial charge is 0.491 e. The van der Waals surface area contributed by atoms with Gasteiger partial charge in [0.15, 0.2) is 0 Å². The predicted octanol–water partition coefficient (Wildman–Crippen LogP) is 4.15. The predicted molar refractivity (Wildman–Crippen MR) is 135 cm³/mol. The Morgan fingerprint density at radius 3 is 2.56 bits per heavy atom. The van der Waals surface area contributed by atoms with E-state index >= 15 is 0 Å². The van der Waals surface area contributed by atoms with Crippen molar-refractivity contribution in [3.8, 4) is 5.75 Å².